The number of carbonyl (C=O) groups is 1. The number of aryl methyl sites for hydroxylation is 1. The van der Waals surface area contributed by atoms with E-state index >= 15 is 0 Å². The number of sulfonamides is 1. The van der Waals surface area contributed by atoms with Gasteiger partial charge in [-0.25, -0.2) is 8.42 Å². The largest absolute Gasteiger partial charge is 0.495 e. The number of para-hydroxylation sites is 2. The van der Waals surface area contributed by atoms with Crippen LogP contribution in [0.5, 0.6) is 5.75 Å². The van der Waals surface area contributed by atoms with Crippen molar-refractivity contribution in [1.29, 1.82) is 0 Å². The van der Waals surface area contributed by atoms with Crippen molar-refractivity contribution in [3.8, 4) is 5.75 Å². The van der Waals surface area contributed by atoms with Crippen LogP contribution in [0.15, 0.2) is 48.5 Å². The molecule has 0 fully saturated rings. The van der Waals surface area contributed by atoms with E-state index in [2.05, 4.69) is 5.32 Å². The van der Waals surface area contributed by atoms with Crippen LogP contribution in [0.4, 0.5) is 5.69 Å². The minimum Gasteiger partial charge on any atom is -0.495 e. The van der Waals surface area contributed by atoms with Crippen LogP contribution >= 0.6 is 0 Å². The Kier molecular flexibility index (Phi) is 7.24. The van der Waals surface area contributed by atoms with Crippen molar-refractivity contribution in [2.75, 3.05) is 24.2 Å². The van der Waals surface area contributed by atoms with E-state index in [9.17, 15) is 13.2 Å². The minimum absolute atomic E-state index is 0.105. The first kappa shape index (κ1) is 20.8. The zero-order chi connectivity index (χ0) is 19.9. The maximum Gasteiger partial charge on any atom is 0.232 e. The van der Waals surface area contributed by atoms with Gasteiger partial charge in [0.2, 0.25) is 15.9 Å². The van der Waals surface area contributed by atoms with Crippen LogP contribution < -0.4 is 14.4 Å². The molecule has 1 amide bonds. The molecule has 0 bridgehead atoms. The summed E-state index contributed by atoms with van der Waals surface area (Å²) < 4.78 is 30.9. The fraction of sp³-hybridized carbons (Fsp3) is 0.350. The number of hydrogen-bond donors (Lipinski definition) is 1. The summed E-state index contributed by atoms with van der Waals surface area (Å²) in [5, 5.41) is 2.88. The number of carbonyl (C=O) groups excluding carboxylic acids is 1. The Morgan fingerprint density at radius 3 is 2.44 bits per heavy atom. The van der Waals surface area contributed by atoms with Gasteiger partial charge in [-0.05, 0) is 36.6 Å². The minimum atomic E-state index is -3.49. The molecule has 0 spiro atoms. The van der Waals surface area contributed by atoms with Crippen molar-refractivity contribution >= 4 is 21.6 Å². The highest BCUT2D eigenvalue weighted by Gasteiger charge is 2.20. The lowest BCUT2D eigenvalue weighted by atomic mass is 10.1. The van der Waals surface area contributed by atoms with E-state index in [1.54, 1.807) is 24.3 Å². The molecular weight excluding hydrogens is 364 g/mol. The number of anilines is 1. The molecule has 2 aromatic carbocycles. The van der Waals surface area contributed by atoms with E-state index in [0.717, 1.165) is 17.4 Å². The molecule has 0 aliphatic heterocycles. The summed E-state index contributed by atoms with van der Waals surface area (Å²) in [6, 6.07) is 14.8. The lowest BCUT2D eigenvalue weighted by Crippen LogP contribution is -2.32. The Bertz CT molecular complexity index is 881. The molecule has 0 aromatic heterocycles. The molecule has 0 atom stereocenters. The van der Waals surface area contributed by atoms with E-state index in [-0.39, 0.29) is 18.9 Å². The normalized spacial score (nSPS) is 11.1. The summed E-state index contributed by atoms with van der Waals surface area (Å²) in [6.45, 7) is 2.67. The number of benzene rings is 2. The van der Waals surface area contributed by atoms with Gasteiger partial charge in [0.05, 0.1) is 19.1 Å². The van der Waals surface area contributed by atoms with Crippen molar-refractivity contribution in [3.05, 3.63) is 59.7 Å². The lowest BCUT2D eigenvalue weighted by Gasteiger charge is -2.24. The van der Waals surface area contributed by atoms with Crippen molar-refractivity contribution in [2.45, 2.75) is 26.3 Å². The maximum atomic E-state index is 12.2. The fourth-order valence-electron chi connectivity index (χ4n) is 2.77. The summed E-state index contributed by atoms with van der Waals surface area (Å²) in [4.78, 5) is 12.1. The molecule has 0 heterocycles. The van der Waals surface area contributed by atoms with Crippen LogP contribution in [0.25, 0.3) is 0 Å². The van der Waals surface area contributed by atoms with E-state index in [4.69, 9.17) is 4.74 Å². The summed E-state index contributed by atoms with van der Waals surface area (Å²) in [6.07, 6.45) is 1.80. The Balaban J connectivity index is 1.94. The zero-order valence-corrected chi connectivity index (χ0v) is 16.8. The van der Waals surface area contributed by atoms with Gasteiger partial charge in [-0.1, -0.05) is 36.4 Å². The Morgan fingerprint density at radius 1 is 1.11 bits per heavy atom. The number of nitrogens with one attached hydrogen (secondary N) is 1. The quantitative estimate of drug-likeness (QED) is 0.714. The molecule has 0 aliphatic carbocycles. The molecule has 2 rings (SSSR count). The van der Waals surface area contributed by atoms with Gasteiger partial charge in [0.15, 0.2) is 0 Å². The lowest BCUT2D eigenvalue weighted by molar-refractivity contribution is -0.121. The second-order valence-corrected chi connectivity index (χ2v) is 8.22. The smallest absolute Gasteiger partial charge is 0.232 e. The van der Waals surface area contributed by atoms with Gasteiger partial charge in [0.1, 0.15) is 5.75 Å². The molecule has 0 saturated carbocycles. The van der Waals surface area contributed by atoms with Gasteiger partial charge in [-0.3, -0.25) is 9.10 Å². The summed E-state index contributed by atoms with van der Waals surface area (Å²) in [5.74, 6) is 0.374. The van der Waals surface area contributed by atoms with Gasteiger partial charge in [-0.15, -0.1) is 0 Å². The topological polar surface area (TPSA) is 75.7 Å². The van der Waals surface area contributed by atoms with Gasteiger partial charge in [0, 0.05) is 19.5 Å². The number of rotatable bonds is 9. The van der Waals surface area contributed by atoms with Gasteiger partial charge in [0.25, 0.3) is 0 Å². The second kappa shape index (κ2) is 9.41. The Labute approximate surface area is 161 Å². The molecule has 0 unspecified atom stereocenters. The van der Waals surface area contributed by atoms with Crippen molar-refractivity contribution in [1.82, 2.24) is 5.32 Å². The molecule has 146 valence electrons. The average Bonchev–Trinajstić information content (AvgIpc) is 2.63. The highest BCUT2D eigenvalue weighted by Crippen LogP contribution is 2.29. The third-order valence-corrected chi connectivity index (χ3v) is 5.44. The van der Waals surface area contributed by atoms with E-state index in [0.29, 0.717) is 24.4 Å². The molecular formula is C20H26N2O4S. The van der Waals surface area contributed by atoms with Crippen molar-refractivity contribution in [3.63, 3.8) is 0 Å². The van der Waals surface area contributed by atoms with Crippen LogP contribution in [0.1, 0.15) is 24.0 Å². The molecule has 0 aliphatic rings. The molecule has 27 heavy (non-hydrogen) atoms. The first-order valence-corrected chi connectivity index (χ1v) is 10.6. The molecule has 0 radical (unpaired) electrons. The molecule has 7 heteroatoms. The van der Waals surface area contributed by atoms with Crippen molar-refractivity contribution < 1.29 is 17.9 Å². The van der Waals surface area contributed by atoms with E-state index in [1.807, 2.05) is 31.2 Å². The number of ether oxygens (including phenoxy) is 1. The molecule has 1 N–H and O–H groups in total. The van der Waals surface area contributed by atoms with Gasteiger partial charge >= 0.3 is 0 Å². The summed E-state index contributed by atoms with van der Waals surface area (Å²) >= 11 is 0. The number of hydrogen-bond acceptors (Lipinski definition) is 4. The van der Waals surface area contributed by atoms with Crippen LogP contribution in [0.2, 0.25) is 0 Å². The summed E-state index contributed by atoms with van der Waals surface area (Å²) in [7, 11) is -1.99. The highest BCUT2D eigenvalue weighted by molar-refractivity contribution is 7.92. The predicted octanol–water partition coefficient (Wildman–Crippen LogP) is 2.87. The Hall–Kier alpha value is -2.54. The molecule has 6 nitrogen and oxygen atoms in total. The number of nitrogens with zero attached hydrogens (tertiary/aromatic N) is 1. The third kappa shape index (κ3) is 5.99. The SMILES string of the molecule is COc1ccccc1N(CCCC(=O)NCc1ccccc1C)S(C)(=O)=O. The fourth-order valence-corrected chi connectivity index (χ4v) is 3.74. The maximum absolute atomic E-state index is 12.2. The first-order chi connectivity index (χ1) is 12.8. The van der Waals surface area contributed by atoms with E-state index < -0.39 is 10.0 Å². The van der Waals surface area contributed by atoms with Gasteiger partial charge < -0.3 is 10.1 Å². The Morgan fingerprint density at radius 2 is 1.78 bits per heavy atom. The standard InChI is InChI=1S/C20H26N2O4S/c1-16-9-4-5-10-17(16)15-21-20(23)13-8-14-22(27(3,24)25)18-11-6-7-12-19(18)26-2/h4-7,9-12H,8,13-15H2,1-3H3,(H,21,23). The highest BCUT2D eigenvalue weighted by atomic mass is 32.2. The number of methoxy groups -OCH3 is 1. The van der Waals surface area contributed by atoms with E-state index in [1.165, 1.54) is 11.4 Å². The third-order valence-electron chi connectivity index (χ3n) is 4.26. The summed E-state index contributed by atoms with van der Waals surface area (Å²) in [5.41, 5.74) is 2.66. The van der Waals surface area contributed by atoms with Gasteiger partial charge in [-0.2, -0.15) is 0 Å². The van der Waals surface area contributed by atoms with Crippen molar-refractivity contribution in [2.24, 2.45) is 0 Å². The molecule has 2 aromatic rings. The second-order valence-electron chi connectivity index (χ2n) is 6.31. The average molecular weight is 391 g/mol. The van der Waals surface area contributed by atoms with Crippen LogP contribution in [-0.4, -0.2) is 34.2 Å². The monoisotopic (exact) mass is 390 g/mol. The van der Waals surface area contributed by atoms with Crippen LogP contribution in [-0.2, 0) is 21.4 Å². The molecule has 0 saturated heterocycles. The van der Waals surface area contributed by atoms with Crippen LogP contribution in [0.3, 0.4) is 0 Å². The predicted molar refractivity (Wildman–Crippen MR) is 107 cm³/mol. The zero-order valence-electron chi connectivity index (χ0n) is 15.9. The number of amides is 1. The first-order valence-electron chi connectivity index (χ1n) is 8.75. The van der Waals surface area contributed by atoms with Crippen LogP contribution in [0, 0.1) is 6.92 Å².